The number of halogens is 3. The zero-order chi connectivity index (χ0) is 13.1. The van der Waals surface area contributed by atoms with Crippen LogP contribution < -0.4 is 9.46 Å². The van der Waals surface area contributed by atoms with Crippen LogP contribution in [0, 0.1) is 0 Å². The number of hydrogen-bond donors (Lipinski definition) is 1. The number of rotatable bonds is 4. The topological polar surface area (TPSA) is 55.4 Å². The maximum Gasteiger partial charge on any atom is 0.573 e. The second-order valence-electron chi connectivity index (χ2n) is 3.02. The lowest BCUT2D eigenvalue weighted by Crippen LogP contribution is -2.23. The molecule has 0 bridgehead atoms. The third-order valence-corrected chi connectivity index (χ3v) is 3.26. The summed E-state index contributed by atoms with van der Waals surface area (Å²) in [5.74, 6) is -0.465. The minimum absolute atomic E-state index is 0.117. The number of hydrogen-bond acceptors (Lipinski definition) is 3. The summed E-state index contributed by atoms with van der Waals surface area (Å²) in [6.07, 6.45) is -4.79. The molecular weight excluding hydrogens is 259 g/mol. The van der Waals surface area contributed by atoms with Crippen molar-refractivity contribution >= 4 is 10.0 Å². The van der Waals surface area contributed by atoms with Gasteiger partial charge in [-0.2, -0.15) is 0 Å². The minimum Gasteiger partial charge on any atom is -0.406 e. The number of nitrogens with one attached hydrogen (secondary N) is 1. The van der Waals surface area contributed by atoms with Crippen LogP contribution in [0.1, 0.15) is 6.92 Å². The molecule has 0 aromatic heterocycles. The third-order valence-electron chi connectivity index (χ3n) is 1.70. The lowest BCUT2D eigenvalue weighted by Gasteiger charge is -2.09. The van der Waals surface area contributed by atoms with Crippen molar-refractivity contribution in [2.75, 3.05) is 6.54 Å². The second kappa shape index (κ2) is 4.92. The van der Waals surface area contributed by atoms with Crippen LogP contribution in [0.5, 0.6) is 5.75 Å². The highest BCUT2D eigenvalue weighted by molar-refractivity contribution is 7.89. The van der Waals surface area contributed by atoms with E-state index in [0.717, 1.165) is 24.3 Å². The lowest BCUT2D eigenvalue weighted by atomic mass is 10.3. The molecule has 0 amide bonds. The van der Waals surface area contributed by atoms with Crippen molar-refractivity contribution in [1.29, 1.82) is 0 Å². The fraction of sp³-hybridized carbons (Fsp3) is 0.333. The van der Waals surface area contributed by atoms with Crippen molar-refractivity contribution in [1.82, 2.24) is 4.72 Å². The van der Waals surface area contributed by atoms with Crippen LogP contribution in [0.25, 0.3) is 0 Å². The van der Waals surface area contributed by atoms with Crippen molar-refractivity contribution in [3.05, 3.63) is 24.3 Å². The normalized spacial score (nSPS) is 12.5. The van der Waals surface area contributed by atoms with Crippen LogP contribution in [0.2, 0.25) is 0 Å². The first-order valence-corrected chi connectivity index (χ1v) is 6.08. The lowest BCUT2D eigenvalue weighted by molar-refractivity contribution is -0.274. The molecule has 8 heteroatoms. The highest BCUT2D eigenvalue weighted by Gasteiger charge is 2.31. The molecular formula is C9H10F3NO3S. The Labute approximate surface area is 96.4 Å². The van der Waals surface area contributed by atoms with Gasteiger partial charge in [-0.25, -0.2) is 13.1 Å². The maximum absolute atomic E-state index is 11.8. The van der Waals surface area contributed by atoms with Crippen LogP contribution in [0.4, 0.5) is 13.2 Å². The van der Waals surface area contributed by atoms with Gasteiger partial charge < -0.3 is 4.74 Å². The molecule has 1 aromatic rings. The van der Waals surface area contributed by atoms with E-state index in [1.807, 2.05) is 0 Å². The number of benzene rings is 1. The quantitative estimate of drug-likeness (QED) is 0.908. The van der Waals surface area contributed by atoms with E-state index >= 15 is 0 Å². The SMILES string of the molecule is CCNS(=O)(=O)c1ccc(OC(F)(F)F)cc1. The van der Waals surface area contributed by atoms with Crippen LogP contribution in [0.15, 0.2) is 29.2 Å². The first-order chi connectivity index (χ1) is 7.74. The van der Waals surface area contributed by atoms with E-state index in [2.05, 4.69) is 9.46 Å². The monoisotopic (exact) mass is 269 g/mol. The molecule has 0 aliphatic carbocycles. The van der Waals surface area contributed by atoms with Gasteiger partial charge in [-0.15, -0.1) is 13.2 Å². The number of ether oxygens (including phenoxy) is 1. The predicted octanol–water partition coefficient (Wildman–Crippen LogP) is 1.88. The van der Waals surface area contributed by atoms with Crippen LogP contribution in [0.3, 0.4) is 0 Å². The maximum atomic E-state index is 11.8. The Morgan fingerprint density at radius 1 is 1.24 bits per heavy atom. The van der Waals surface area contributed by atoms with Crippen LogP contribution in [-0.2, 0) is 10.0 Å². The predicted molar refractivity (Wildman–Crippen MR) is 54.0 cm³/mol. The fourth-order valence-electron chi connectivity index (χ4n) is 1.09. The van der Waals surface area contributed by atoms with E-state index in [1.54, 1.807) is 6.92 Å². The van der Waals surface area contributed by atoms with Gasteiger partial charge in [0.1, 0.15) is 5.75 Å². The zero-order valence-corrected chi connectivity index (χ0v) is 9.60. The van der Waals surface area contributed by atoms with Gasteiger partial charge in [-0.1, -0.05) is 6.92 Å². The molecule has 1 N–H and O–H groups in total. The average molecular weight is 269 g/mol. The Kier molecular flexibility index (Phi) is 3.99. The molecule has 0 fully saturated rings. The summed E-state index contributed by atoms with van der Waals surface area (Å²) >= 11 is 0. The molecule has 1 rings (SSSR count). The first kappa shape index (κ1) is 13.8. The highest BCUT2D eigenvalue weighted by atomic mass is 32.2. The zero-order valence-electron chi connectivity index (χ0n) is 8.78. The molecule has 0 saturated carbocycles. The van der Waals surface area contributed by atoms with Gasteiger partial charge in [-0.05, 0) is 24.3 Å². The van der Waals surface area contributed by atoms with Crippen molar-refractivity contribution in [3.63, 3.8) is 0 Å². The molecule has 0 unspecified atom stereocenters. The van der Waals surface area contributed by atoms with E-state index in [-0.39, 0.29) is 11.4 Å². The summed E-state index contributed by atoms with van der Waals surface area (Å²) in [6.45, 7) is 1.79. The van der Waals surface area contributed by atoms with Gasteiger partial charge in [0.25, 0.3) is 0 Å². The summed E-state index contributed by atoms with van der Waals surface area (Å²) in [5, 5.41) is 0. The number of alkyl halides is 3. The summed E-state index contributed by atoms with van der Waals surface area (Å²) in [7, 11) is -3.66. The van der Waals surface area contributed by atoms with E-state index in [1.165, 1.54) is 0 Å². The Morgan fingerprint density at radius 2 is 1.76 bits per heavy atom. The molecule has 0 heterocycles. The largest absolute Gasteiger partial charge is 0.573 e. The van der Waals surface area contributed by atoms with Gasteiger partial charge in [0, 0.05) is 6.54 Å². The van der Waals surface area contributed by atoms with Gasteiger partial charge in [0.2, 0.25) is 10.0 Å². The highest BCUT2D eigenvalue weighted by Crippen LogP contribution is 2.23. The molecule has 0 aliphatic rings. The summed E-state index contributed by atoms with van der Waals surface area (Å²) in [5.41, 5.74) is 0. The molecule has 0 radical (unpaired) electrons. The van der Waals surface area contributed by atoms with Crippen molar-refractivity contribution in [2.45, 2.75) is 18.2 Å². The Bertz CT molecular complexity index is 467. The third kappa shape index (κ3) is 4.23. The molecule has 0 atom stereocenters. The van der Waals surface area contributed by atoms with Crippen molar-refractivity contribution in [2.24, 2.45) is 0 Å². The Morgan fingerprint density at radius 3 is 2.18 bits per heavy atom. The van der Waals surface area contributed by atoms with E-state index in [0.29, 0.717) is 0 Å². The van der Waals surface area contributed by atoms with Crippen LogP contribution >= 0.6 is 0 Å². The van der Waals surface area contributed by atoms with Gasteiger partial charge in [0.15, 0.2) is 0 Å². The van der Waals surface area contributed by atoms with Crippen molar-refractivity contribution in [3.8, 4) is 5.75 Å². The smallest absolute Gasteiger partial charge is 0.406 e. The second-order valence-corrected chi connectivity index (χ2v) is 4.79. The van der Waals surface area contributed by atoms with Crippen molar-refractivity contribution < 1.29 is 26.3 Å². The molecule has 1 aromatic carbocycles. The van der Waals surface area contributed by atoms with Gasteiger partial charge >= 0.3 is 6.36 Å². The van der Waals surface area contributed by atoms with Gasteiger partial charge in [0.05, 0.1) is 4.90 Å². The molecule has 0 spiro atoms. The minimum atomic E-state index is -4.79. The standard InChI is InChI=1S/C9H10F3NO3S/c1-2-13-17(14,15)8-5-3-7(4-6-8)16-9(10,11)12/h3-6,13H,2H2,1H3. The Balaban J connectivity index is 2.89. The first-order valence-electron chi connectivity index (χ1n) is 4.60. The molecule has 17 heavy (non-hydrogen) atoms. The van der Waals surface area contributed by atoms with E-state index in [9.17, 15) is 21.6 Å². The molecule has 0 saturated heterocycles. The molecule has 4 nitrogen and oxygen atoms in total. The van der Waals surface area contributed by atoms with E-state index < -0.39 is 22.1 Å². The molecule has 96 valence electrons. The van der Waals surface area contributed by atoms with E-state index in [4.69, 9.17) is 0 Å². The Hall–Kier alpha value is -1.28. The fourth-order valence-corrected chi connectivity index (χ4v) is 2.13. The summed E-state index contributed by atoms with van der Waals surface area (Å²) in [6, 6.07) is 3.97. The summed E-state index contributed by atoms with van der Waals surface area (Å²) in [4.78, 5) is -0.117. The van der Waals surface area contributed by atoms with Crippen LogP contribution in [-0.4, -0.2) is 21.3 Å². The van der Waals surface area contributed by atoms with Gasteiger partial charge in [-0.3, -0.25) is 0 Å². The summed E-state index contributed by atoms with van der Waals surface area (Å²) < 4.78 is 64.3. The molecule has 0 aliphatic heterocycles. The average Bonchev–Trinajstić information content (AvgIpc) is 2.15. The number of sulfonamides is 1.